The summed E-state index contributed by atoms with van der Waals surface area (Å²) in [6, 6.07) is 2.04. The van der Waals surface area contributed by atoms with Gasteiger partial charge in [0.15, 0.2) is 17.9 Å². The first-order valence-corrected chi connectivity index (χ1v) is 13.8. The van der Waals surface area contributed by atoms with E-state index in [0.717, 1.165) is 0 Å². The van der Waals surface area contributed by atoms with E-state index in [1.54, 1.807) is 62.3 Å². The number of hydrogen-bond acceptors (Lipinski definition) is 13. The molecule has 13 nitrogen and oxygen atoms in total. The van der Waals surface area contributed by atoms with E-state index in [1.807, 2.05) is 6.07 Å². The minimum atomic E-state index is -2.10. The molecule has 0 bridgehead atoms. The summed E-state index contributed by atoms with van der Waals surface area (Å²) in [6.07, 6.45) is -5.17. The molecule has 238 valence electrons. The SMILES string of the molecule is CCOC(C)OC(C#N)(C[C@@H]1OC(C)(C)O[C@H]1[C@@H](OCOC)[C@H](OCOC)[C@H]1COC(C)(C)O1)C(=O)OC(C)(C)C. The Morgan fingerprint density at radius 3 is 2.07 bits per heavy atom. The Labute approximate surface area is 243 Å². The largest absolute Gasteiger partial charge is 0.457 e. The second kappa shape index (κ2) is 14.8. The first kappa shape index (κ1) is 35.8. The number of rotatable bonds is 16. The average molecular weight is 592 g/mol. The van der Waals surface area contributed by atoms with Crippen molar-refractivity contribution in [2.45, 2.75) is 128 Å². The maximum absolute atomic E-state index is 13.6. The first-order chi connectivity index (χ1) is 19.0. The van der Waals surface area contributed by atoms with E-state index in [1.165, 1.54) is 14.2 Å². The number of esters is 1. The Balaban J connectivity index is 2.53. The lowest BCUT2D eigenvalue weighted by Crippen LogP contribution is -2.55. The monoisotopic (exact) mass is 591 g/mol. The summed E-state index contributed by atoms with van der Waals surface area (Å²) in [5.74, 6) is -2.85. The van der Waals surface area contributed by atoms with Crippen molar-refractivity contribution in [3.8, 4) is 6.07 Å². The van der Waals surface area contributed by atoms with E-state index in [4.69, 9.17) is 52.1 Å². The molecule has 2 aliphatic heterocycles. The number of nitrogens with zero attached hydrogens (tertiary/aromatic N) is 1. The van der Waals surface area contributed by atoms with Gasteiger partial charge < -0.3 is 52.1 Å². The van der Waals surface area contributed by atoms with Crippen molar-refractivity contribution >= 4 is 5.97 Å². The third-order valence-corrected chi connectivity index (χ3v) is 6.19. The lowest BCUT2D eigenvalue weighted by molar-refractivity contribution is -0.234. The van der Waals surface area contributed by atoms with Crippen LogP contribution >= 0.6 is 0 Å². The Hall–Kier alpha value is -1.44. The molecule has 2 saturated heterocycles. The van der Waals surface area contributed by atoms with Crippen molar-refractivity contribution in [3.63, 3.8) is 0 Å². The zero-order chi connectivity index (χ0) is 31.1. The van der Waals surface area contributed by atoms with Crippen LogP contribution in [0.15, 0.2) is 0 Å². The summed E-state index contributed by atoms with van der Waals surface area (Å²) >= 11 is 0. The molecule has 41 heavy (non-hydrogen) atoms. The molecule has 2 fully saturated rings. The lowest BCUT2D eigenvalue weighted by Gasteiger charge is -2.37. The van der Waals surface area contributed by atoms with Crippen LogP contribution in [0.1, 0.15) is 68.7 Å². The number of hydrogen-bond donors (Lipinski definition) is 0. The van der Waals surface area contributed by atoms with Crippen molar-refractivity contribution < 1.29 is 56.9 Å². The van der Waals surface area contributed by atoms with Crippen LogP contribution in [0.25, 0.3) is 0 Å². The third-order valence-electron chi connectivity index (χ3n) is 6.19. The predicted octanol–water partition coefficient (Wildman–Crippen LogP) is 3.03. The fourth-order valence-corrected chi connectivity index (χ4v) is 4.75. The molecule has 0 saturated carbocycles. The van der Waals surface area contributed by atoms with Crippen LogP contribution in [0.2, 0.25) is 0 Å². The van der Waals surface area contributed by atoms with Crippen molar-refractivity contribution in [2.24, 2.45) is 0 Å². The number of nitriles is 1. The van der Waals surface area contributed by atoms with Gasteiger partial charge in [-0.2, -0.15) is 5.26 Å². The van der Waals surface area contributed by atoms with Gasteiger partial charge in [0.05, 0.1) is 12.7 Å². The van der Waals surface area contributed by atoms with E-state index >= 15 is 0 Å². The zero-order valence-electron chi connectivity index (χ0n) is 26.3. The molecular weight excluding hydrogens is 542 g/mol. The molecule has 7 atom stereocenters. The van der Waals surface area contributed by atoms with Crippen LogP contribution < -0.4 is 0 Å². The molecular formula is C28H49NO12. The minimum absolute atomic E-state index is 0.0749. The molecule has 2 heterocycles. The second-order valence-corrected chi connectivity index (χ2v) is 11.9. The molecule has 0 N–H and O–H groups in total. The summed E-state index contributed by atoms with van der Waals surface area (Å²) in [4.78, 5) is 13.6. The van der Waals surface area contributed by atoms with Gasteiger partial charge in [0.2, 0.25) is 0 Å². The molecule has 2 unspecified atom stereocenters. The third kappa shape index (κ3) is 10.4. The fraction of sp³-hybridized carbons (Fsp3) is 0.929. The molecule has 0 amide bonds. The van der Waals surface area contributed by atoms with Gasteiger partial charge in [0.25, 0.3) is 5.60 Å². The normalized spacial score (nSPS) is 27.5. The number of carbonyl (C=O) groups is 1. The Morgan fingerprint density at radius 2 is 1.59 bits per heavy atom. The maximum atomic E-state index is 13.6. The highest BCUT2D eigenvalue weighted by atomic mass is 16.8. The van der Waals surface area contributed by atoms with Crippen molar-refractivity contribution in [3.05, 3.63) is 0 Å². The number of carbonyl (C=O) groups excluding carboxylic acids is 1. The molecule has 0 aromatic rings. The molecule has 0 aromatic heterocycles. The van der Waals surface area contributed by atoms with E-state index in [2.05, 4.69) is 0 Å². The molecule has 0 aliphatic carbocycles. The van der Waals surface area contributed by atoms with E-state index in [-0.39, 0.29) is 26.6 Å². The van der Waals surface area contributed by atoms with Gasteiger partial charge in [-0.25, -0.2) is 4.79 Å². The van der Waals surface area contributed by atoms with Crippen LogP contribution in [0, 0.1) is 11.3 Å². The smallest absolute Gasteiger partial charge is 0.354 e. The van der Waals surface area contributed by atoms with Gasteiger partial charge in [0, 0.05) is 27.2 Å². The lowest BCUT2D eigenvalue weighted by atomic mass is 9.90. The fourth-order valence-electron chi connectivity index (χ4n) is 4.75. The van der Waals surface area contributed by atoms with Crippen LogP contribution in [0.4, 0.5) is 0 Å². The van der Waals surface area contributed by atoms with Crippen molar-refractivity contribution in [1.29, 1.82) is 5.26 Å². The zero-order valence-corrected chi connectivity index (χ0v) is 26.3. The van der Waals surface area contributed by atoms with Gasteiger partial charge in [-0.05, 0) is 62.3 Å². The molecule has 0 aromatic carbocycles. The summed E-state index contributed by atoms with van der Waals surface area (Å²) < 4.78 is 64.3. The first-order valence-electron chi connectivity index (χ1n) is 13.8. The van der Waals surface area contributed by atoms with Gasteiger partial charge in [-0.15, -0.1) is 0 Å². The maximum Gasteiger partial charge on any atom is 0.354 e. The van der Waals surface area contributed by atoms with Crippen LogP contribution in [0.3, 0.4) is 0 Å². The van der Waals surface area contributed by atoms with E-state index in [9.17, 15) is 10.1 Å². The molecule has 0 spiro atoms. The minimum Gasteiger partial charge on any atom is -0.457 e. The molecule has 0 radical (unpaired) electrons. The standard InChI is InChI=1S/C28H49NO12/c1-12-33-18(2)37-28(15-29,24(30)41-25(3,4)5)13-19-22(40-27(8,9)38-19)23(35-17-32-11)21(34-16-31-10)20-14-36-26(6,7)39-20/h18-23H,12-14,16-17H2,1-11H3/t18?,19-,20+,21+,22+,23-,28?/m0/s1. The number of ether oxygens (including phenoxy) is 11. The van der Waals surface area contributed by atoms with Gasteiger partial charge in [-0.3, -0.25) is 0 Å². The van der Waals surface area contributed by atoms with Crippen molar-refractivity contribution in [1.82, 2.24) is 0 Å². The number of methoxy groups -OCH3 is 2. The molecule has 2 rings (SSSR count). The van der Waals surface area contributed by atoms with Crippen LogP contribution in [0.5, 0.6) is 0 Å². The molecule has 2 aliphatic rings. The molecule has 13 heteroatoms. The second-order valence-electron chi connectivity index (χ2n) is 11.9. The Kier molecular flexibility index (Phi) is 12.9. The summed E-state index contributed by atoms with van der Waals surface area (Å²) in [6.45, 7) is 15.9. The van der Waals surface area contributed by atoms with Gasteiger partial charge in [0.1, 0.15) is 49.7 Å². The quantitative estimate of drug-likeness (QED) is 0.192. The van der Waals surface area contributed by atoms with E-state index < -0.39 is 65.6 Å². The summed E-state index contributed by atoms with van der Waals surface area (Å²) in [5, 5.41) is 10.4. The van der Waals surface area contributed by atoms with Gasteiger partial charge in [-0.1, -0.05) is 0 Å². The summed E-state index contributed by atoms with van der Waals surface area (Å²) in [5.41, 5.74) is -2.99. The predicted molar refractivity (Wildman–Crippen MR) is 143 cm³/mol. The van der Waals surface area contributed by atoms with Gasteiger partial charge >= 0.3 is 5.97 Å². The van der Waals surface area contributed by atoms with Crippen LogP contribution in [-0.4, -0.2) is 107 Å². The topological polar surface area (TPSA) is 142 Å². The van der Waals surface area contributed by atoms with Crippen LogP contribution in [-0.2, 0) is 56.9 Å². The Morgan fingerprint density at radius 1 is 0.976 bits per heavy atom. The highest BCUT2D eigenvalue weighted by Crippen LogP contribution is 2.40. The highest BCUT2D eigenvalue weighted by molar-refractivity contribution is 5.83. The average Bonchev–Trinajstić information content (AvgIpc) is 3.36. The van der Waals surface area contributed by atoms with E-state index in [0.29, 0.717) is 6.61 Å². The summed E-state index contributed by atoms with van der Waals surface area (Å²) in [7, 11) is 2.98. The van der Waals surface area contributed by atoms with Crippen molar-refractivity contribution in [2.75, 3.05) is 41.0 Å². The highest BCUT2D eigenvalue weighted by Gasteiger charge is 2.57. The Bertz CT molecular complexity index is 869.